The van der Waals surface area contributed by atoms with Crippen molar-refractivity contribution in [3.8, 4) is 0 Å². The minimum absolute atomic E-state index is 0.157. The first-order valence-corrected chi connectivity index (χ1v) is 10.5. The van der Waals surface area contributed by atoms with Crippen molar-refractivity contribution < 1.29 is 4.79 Å². The standard InChI is InChI=1S/C22H20N4OS/c27-18-13-7-12-17-19(18)20(16-10-5-2-6-11-16)26-21(23-17)24-22(25-26)28-14-15-8-3-1-4-9-15/h1-6,8-12,19-20H,7,13-14H2,(H,23,24,25)/t19-,20-/m1/s1. The first-order valence-electron chi connectivity index (χ1n) is 9.47. The van der Waals surface area contributed by atoms with Gasteiger partial charge in [-0.1, -0.05) is 78.5 Å². The third-order valence-corrected chi connectivity index (χ3v) is 6.14. The zero-order valence-electron chi connectivity index (χ0n) is 15.3. The molecule has 0 radical (unpaired) electrons. The smallest absolute Gasteiger partial charge is 0.227 e. The average Bonchev–Trinajstić information content (AvgIpc) is 3.15. The largest absolute Gasteiger partial charge is 0.328 e. The summed E-state index contributed by atoms with van der Waals surface area (Å²) in [6.07, 6.45) is 3.50. The Morgan fingerprint density at radius 2 is 1.82 bits per heavy atom. The third kappa shape index (κ3) is 3.14. The molecule has 1 aliphatic heterocycles. The van der Waals surface area contributed by atoms with Crippen molar-refractivity contribution in [2.45, 2.75) is 29.8 Å². The van der Waals surface area contributed by atoms with Crippen LogP contribution in [0.15, 0.2) is 77.6 Å². The van der Waals surface area contributed by atoms with Gasteiger partial charge in [0.05, 0.1) is 12.0 Å². The minimum atomic E-state index is -0.225. The van der Waals surface area contributed by atoms with Crippen LogP contribution < -0.4 is 5.32 Å². The summed E-state index contributed by atoms with van der Waals surface area (Å²) in [4.78, 5) is 17.5. The molecule has 0 bridgehead atoms. The van der Waals surface area contributed by atoms with Crippen LogP contribution in [-0.4, -0.2) is 20.5 Å². The predicted molar refractivity (Wildman–Crippen MR) is 110 cm³/mol. The molecule has 2 heterocycles. The second-order valence-corrected chi connectivity index (χ2v) is 8.00. The van der Waals surface area contributed by atoms with E-state index in [9.17, 15) is 4.79 Å². The van der Waals surface area contributed by atoms with Gasteiger partial charge >= 0.3 is 0 Å². The number of hydrogen-bond acceptors (Lipinski definition) is 5. The molecule has 1 N–H and O–H groups in total. The molecule has 1 aromatic heterocycles. The van der Waals surface area contributed by atoms with Crippen LogP contribution in [0.5, 0.6) is 0 Å². The molecule has 0 saturated carbocycles. The molecule has 140 valence electrons. The van der Waals surface area contributed by atoms with Crippen LogP contribution in [0.25, 0.3) is 0 Å². The highest BCUT2D eigenvalue weighted by atomic mass is 32.2. The van der Waals surface area contributed by atoms with Crippen molar-refractivity contribution in [2.24, 2.45) is 5.92 Å². The van der Waals surface area contributed by atoms with Gasteiger partial charge in [-0.2, -0.15) is 4.98 Å². The molecule has 0 fully saturated rings. The van der Waals surface area contributed by atoms with Gasteiger partial charge in [0, 0.05) is 17.9 Å². The van der Waals surface area contributed by atoms with Crippen LogP contribution in [0.2, 0.25) is 0 Å². The molecule has 3 aromatic rings. The Hall–Kier alpha value is -2.86. The number of ketones is 1. The summed E-state index contributed by atoms with van der Waals surface area (Å²) in [6, 6.07) is 20.3. The summed E-state index contributed by atoms with van der Waals surface area (Å²) in [5.74, 6) is 1.56. The normalized spacial score (nSPS) is 20.7. The van der Waals surface area contributed by atoms with E-state index < -0.39 is 0 Å². The van der Waals surface area contributed by atoms with Crippen LogP contribution in [0.3, 0.4) is 0 Å². The van der Waals surface area contributed by atoms with Crippen LogP contribution >= 0.6 is 11.8 Å². The maximum absolute atomic E-state index is 12.8. The molecule has 0 spiro atoms. The summed E-state index contributed by atoms with van der Waals surface area (Å²) >= 11 is 1.61. The molecule has 28 heavy (non-hydrogen) atoms. The fourth-order valence-corrected chi connectivity index (χ4v) is 4.71. The first kappa shape index (κ1) is 17.3. The SMILES string of the molecule is O=C1CCC=C2Nc3nc(SCc4ccccc4)nn3[C@H](c3ccccc3)[C@@H]12. The van der Waals surface area contributed by atoms with E-state index in [4.69, 9.17) is 10.1 Å². The van der Waals surface area contributed by atoms with Gasteiger partial charge in [0.15, 0.2) is 0 Å². The number of hydrogen-bond donors (Lipinski definition) is 1. The first-order chi connectivity index (χ1) is 13.8. The fourth-order valence-electron chi connectivity index (χ4n) is 3.92. The van der Waals surface area contributed by atoms with Crippen molar-refractivity contribution in [1.29, 1.82) is 0 Å². The van der Waals surface area contributed by atoms with E-state index in [0.717, 1.165) is 28.6 Å². The highest BCUT2D eigenvalue weighted by Gasteiger charge is 2.41. The zero-order valence-corrected chi connectivity index (χ0v) is 16.1. The number of Topliss-reactive ketones (excluding diaryl/α,β-unsaturated/α-hetero) is 1. The van der Waals surface area contributed by atoms with Gasteiger partial charge in [-0.25, -0.2) is 4.68 Å². The molecule has 0 amide bonds. The van der Waals surface area contributed by atoms with Crippen LogP contribution in [0.4, 0.5) is 5.95 Å². The summed E-state index contributed by atoms with van der Waals surface area (Å²) in [6.45, 7) is 0. The third-order valence-electron chi connectivity index (χ3n) is 5.24. The quantitative estimate of drug-likeness (QED) is 0.669. The molecule has 2 atom stereocenters. The Labute approximate surface area is 167 Å². The Kier molecular flexibility index (Phi) is 4.49. The molecular formula is C22H20N4OS. The lowest BCUT2D eigenvalue weighted by Gasteiger charge is -2.36. The maximum atomic E-state index is 12.8. The highest BCUT2D eigenvalue weighted by Crippen LogP contribution is 2.41. The topological polar surface area (TPSA) is 59.8 Å². The summed E-state index contributed by atoms with van der Waals surface area (Å²) < 4.78 is 1.90. The molecule has 6 heteroatoms. The number of allylic oxidation sites excluding steroid dienone is 2. The molecule has 5 nitrogen and oxygen atoms in total. The van der Waals surface area contributed by atoms with Gasteiger partial charge in [0.25, 0.3) is 0 Å². The minimum Gasteiger partial charge on any atom is -0.328 e. The van der Waals surface area contributed by atoms with Crippen molar-refractivity contribution in [3.05, 3.63) is 83.6 Å². The Morgan fingerprint density at radius 1 is 1.07 bits per heavy atom. The predicted octanol–water partition coefficient (Wildman–Crippen LogP) is 4.45. The number of fused-ring (bicyclic) bond motifs is 2. The highest BCUT2D eigenvalue weighted by molar-refractivity contribution is 7.98. The lowest BCUT2D eigenvalue weighted by atomic mass is 9.81. The number of anilines is 1. The van der Waals surface area contributed by atoms with E-state index >= 15 is 0 Å². The maximum Gasteiger partial charge on any atom is 0.227 e. The van der Waals surface area contributed by atoms with E-state index in [1.54, 1.807) is 11.8 Å². The summed E-state index contributed by atoms with van der Waals surface area (Å²) in [5, 5.41) is 8.86. The van der Waals surface area contributed by atoms with E-state index in [1.807, 2.05) is 41.1 Å². The Balaban J connectivity index is 1.51. The molecule has 2 aromatic carbocycles. The second-order valence-electron chi connectivity index (χ2n) is 7.06. The molecule has 5 rings (SSSR count). The van der Waals surface area contributed by atoms with Crippen molar-refractivity contribution >= 4 is 23.5 Å². The van der Waals surface area contributed by atoms with Crippen LogP contribution in [0, 0.1) is 5.92 Å². The number of aromatic nitrogens is 3. The molecule has 0 saturated heterocycles. The monoisotopic (exact) mass is 388 g/mol. The van der Waals surface area contributed by atoms with Crippen LogP contribution in [-0.2, 0) is 10.5 Å². The number of carbonyl (C=O) groups is 1. The van der Waals surface area contributed by atoms with E-state index in [-0.39, 0.29) is 17.7 Å². The Morgan fingerprint density at radius 3 is 2.61 bits per heavy atom. The number of thioether (sulfide) groups is 1. The number of benzene rings is 2. The molecule has 1 aliphatic carbocycles. The van der Waals surface area contributed by atoms with Gasteiger partial charge in [0.1, 0.15) is 5.78 Å². The number of nitrogens with one attached hydrogen (secondary N) is 1. The number of nitrogens with zero attached hydrogens (tertiary/aromatic N) is 3. The van der Waals surface area contributed by atoms with Gasteiger partial charge in [-0.3, -0.25) is 4.79 Å². The Bertz CT molecular complexity index is 1030. The molecule has 0 unspecified atom stereocenters. The molecular weight excluding hydrogens is 368 g/mol. The summed E-state index contributed by atoms with van der Waals surface area (Å²) in [5.41, 5.74) is 3.28. The lowest BCUT2D eigenvalue weighted by molar-refractivity contribution is -0.123. The number of carbonyl (C=O) groups excluding carboxylic acids is 1. The summed E-state index contributed by atoms with van der Waals surface area (Å²) in [7, 11) is 0. The van der Waals surface area contributed by atoms with E-state index in [1.165, 1.54) is 5.56 Å². The zero-order chi connectivity index (χ0) is 18.9. The molecule has 2 aliphatic rings. The average molecular weight is 388 g/mol. The van der Waals surface area contributed by atoms with E-state index in [0.29, 0.717) is 12.4 Å². The van der Waals surface area contributed by atoms with Crippen LogP contribution in [0.1, 0.15) is 30.0 Å². The van der Waals surface area contributed by atoms with E-state index in [2.05, 4.69) is 35.7 Å². The van der Waals surface area contributed by atoms with Gasteiger partial charge in [0.2, 0.25) is 11.1 Å². The lowest BCUT2D eigenvalue weighted by Crippen LogP contribution is -2.38. The van der Waals surface area contributed by atoms with Gasteiger partial charge in [-0.15, -0.1) is 5.10 Å². The van der Waals surface area contributed by atoms with Gasteiger partial charge < -0.3 is 5.32 Å². The van der Waals surface area contributed by atoms with Crippen molar-refractivity contribution in [3.63, 3.8) is 0 Å². The second kappa shape index (κ2) is 7.28. The van der Waals surface area contributed by atoms with Crippen molar-refractivity contribution in [2.75, 3.05) is 5.32 Å². The van der Waals surface area contributed by atoms with Gasteiger partial charge in [-0.05, 0) is 17.5 Å². The fraction of sp³-hybridized carbons (Fsp3) is 0.227. The van der Waals surface area contributed by atoms with Crippen molar-refractivity contribution in [1.82, 2.24) is 14.8 Å². The number of rotatable bonds is 4.